The van der Waals surface area contributed by atoms with Crippen molar-refractivity contribution in [3.05, 3.63) is 70.7 Å². The Morgan fingerprint density at radius 1 is 1.18 bits per heavy atom. The highest BCUT2D eigenvalue weighted by molar-refractivity contribution is 6.30. The molecule has 2 aromatic carbocycles. The van der Waals surface area contributed by atoms with E-state index in [1.807, 2.05) is 0 Å². The lowest BCUT2D eigenvalue weighted by Crippen LogP contribution is -2.52. The zero-order valence-electron chi connectivity index (χ0n) is 20.0. The Hall–Kier alpha value is -3.77. The van der Waals surface area contributed by atoms with Gasteiger partial charge < -0.3 is 31.5 Å². The number of hydrogen-bond donors (Lipinski definition) is 5. The Bertz CT molecular complexity index is 1170. The van der Waals surface area contributed by atoms with E-state index in [4.69, 9.17) is 22.1 Å². The number of alkyl carbamates (subject to hydrolysis) is 1. The Morgan fingerprint density at radius 2 is 1.89 bits per heavy atom. The van der Waals surface area contributed by atoms with Gasteiger partial charge in [-0.3, -0.25) is 14.4 Å². The maximum atomic E-state index is 15.5. The molecular weight excluding hydrogens is 526 g/mol. The molecule has 0 saturated carbocycles. The Balaban J connectivity index is 1.67. The molecule has 1 aliphatic rings. The van der Waals surface area contributed by atoms with Crippen LogP contribution in [0.1, 0.15) is 30.1 Å². The maximum Gasteiger partial charge on any atom is 0.408 e. The molecule has 38 heavy (non-hydrogen) atoms. The number of nitrogens with two attached hydrogens (primary N) is 1. The van der Waals surface area contributed by atoms with Crippen molar-refractivity contribution in [2.45, 2.75) is 37.0 Å². The molecule has 204 valence electrons. The third-order valence-electron chi connectivity index (χ3n) is 5.98. The molecule has 1 saturated heterocycles. The lowest BCUT2D eigenvalue weighted by molar-refractivity contribution is -0.131. The van der Waals surface area contributed by atoms with E-state index in [1.165, 1.54) is 36.4 Å². The number of benzene rings is 2. The monoisotopic (exact) mass is 552 g/mol. The first-order valence-electron chi connectivity index (χ1n) is 11.7. The summed E-state index contributed by atoms with van der Waals surface area (Å²) in [5.74, 6) is -6.54. The minimum absolute atomic E-state index is 0.00318. The van der Waals surface area contributed by atoms with Gasteiger partial charge >= 0.3 is 12.0 Å². The summed E-state index contributed by atoms with van der Waals surface area (Å²) < 4.78 is 36.0. The molecule has 1 heterocycles. The normalized spacial score (nSPS) is 17.6. The lowest BCUT2D eigenvalue weighted by Gasteiger charge is -2.28. The summed E-state index contributed by atoms with van der Waals surface area (Å²) in [6.07, 6.45) is -4.82. The van der Waals surface area contributed by atoms with E-state index in [-0.39, 0.29) is 22.9 Å². The smallest absolute Gasteiger partial charge is 0.408 e. The molecule has 1 aliphatic heterocycles. The fourth-order valence-corrected chi connectivity index (χ4v) is 4.22. The number of ether oxygens (including phenoxy) is 1. The molecule has 3 rings (SSSR count). The van der Waals surface area contributed by atoms with E-state index < -0.39 is 60.1 Å². The fourth-order valence-electron chi connectivity index (χ4n) is 4.03. The van der Waals surface area contributed by atoms with E-state index in [9.17, 15) is 24.3 Å². The van der Waals surface area contributed by atoms with Gasteiger partial charge in [-0.2, -0.15) is 8.78 Å². The van der Waals surface area contributed by atoms with E-state index in [0.717, 1.165) is 12.1 Å². The topological polar surface area (TPSA) is 160 Å². The molecule has 0 bridgehead atoms. The quantitative estimate of drug-likeness (QED) is 0.285. The summed E-state index contributed by atoms with van der Waals surface area (Å²) >= 11 is 5.87. The molecule has 2 aromatic rings. The number of primary amides is 1. The Kier molecular flexibility index (Phi) is 9.59. The van der Waals surface area contributed by atoms with E-state index in [0.29, 0.717) is 13.0 Å². The van der Waals surface area contributed by atoms with Gasteiger partial charge in [0.2, 0.25) is 17.7 Å². The van der Waals surface area contributed by atoms with Crippen LogP contribution < -0.4 is 21.7 Å². The molecule has 0 aromatic heterocycles. The third-order valence-corrected chi connectivity index (χ3v) is 6.21. The van der Waals surface area contributed by atoms with Crippen molar-refractivity contribution in [3.8, 4) is 0 Å². The molecule has 1 fully saturated rings. The summed E-state index contributed by atoms with van der Waals surface area (Å²) in [6, 6.07) is 11.1. The molecule has 13 heteroatoms. The van der Waals surface area contributed by atoms with Gasteiger partial charge in [-0.25, -0.2) is 4.79 Å². The summed E-state index contributed by atoms with van der Waals surface area (Å²) in [7, 11) is 0. The number of carbonyl (C=O) groups excluding carboxylic acids is 4. The van der Waals surface area contributed by atoms with Crippen molar-refractivity contribution in [2.75, 3.05) is 13.1 Å². The van der Waals surface area contributed by atoms with Gasteiger partial charge in [0, 0.05) is 23.0 Å². The first kappa shape index (κ1) is 28.8. The van der Waals surface area contributed by atoms with Gasteiger partial charge in [-0.1, -0.05) is 54.1 Å². The van der Waals surface area contributed by atoms with E-state index in [1.54, 1.807) is 6.07 Å². The molecule has 4 amide bonds. The number of aliphatic hydroxyl groups is 1. The number of hydrogen-bond acceptors (Lipinski definition) is 6. The van der Waals surface area contributed by atoms with E-state index >= 15 is 8.78 Å². The average molecular weight is 553 g/mol. The fraction of sp³-hybridized carbons (Fsp3) is 0.360. The highest BCUT2D eigenvalue weighted by Gasteiger charge is 2.45. The zero-order valence-corrected chi connectivity index (χ0v) is 20.8. The molecule has 0 aliphatic carbocycles. The molecule has 6 N–H and O–H groups in total. The second kappa shape index (κ2) is 12.7. The van der Waals surface area contributed by atoms with Gasteiger partial charge in [-0.05, 0) is 30.5 Å². The first-order chi connectivity index (χ1) is 18.0. The van der Waals surface area contributed by atoms with Crippen molar-refractivity contribution in [1.82, 2.24) is 16.0 Å². The summed E-state index contributed by atoms with van der Waals surface area (Å²) in [5.41, 5.74) is 4.66. The van der Waals surface area contributed by atoms with Crippen LogP contribution in [0.2, 0.25) is 5.02 Å². The number of nitrogens with one attached hydrogen (secondary N) is 3. The average Bonchev–Trinajstić information content (AvgIpc) is 3.29. The zero-order chi connectivity index (χ0) is 27.9. The van der Waals surface area contributed by atoms with Crippen LogP contribution in [-0.4, -0.2) is 54.2 Å². The first-order valence-corrected chi connectivity index (χ1v) is 12.0. The minimum Gasteiger partial charge on any atom is -0.434 e. The highest BCUT2D eigenvalue weighted by Crippen LogP contribution is 2.43. The van der Waals surface area contributed by atoms with Crippen molar-refractivity contribution in [3.63, 3.8) is 0 Å². The second-order valence-electron chi connectivity index (χ2n) is 8.72. The Labute approximate surface area is 221 Å². The standard InChI is InChI=1S/C25H27ClF2N4O6/c26-17-8-4-7-16(12-17)25(27,28)21(14-5-2-1-3-6-14)38-24(37)31-13-19(33)32-18(20(34)22(29)35)11-15-9-10-30-23(15)36/h1-8,12,15,18,20-21,34H,9-11,13H2,(H2,29,35)(H,30,36)(H,31,37)(H,32,33). The Morgan fingerprint density at radius 3 is 2.50 bits per heavy atom. The van der Waals surface area contributed by atoms with E-state index in [2.05, 4.69) is 16.0 Å². The van der Waals surface area contributed by atoms with Gasteiger partial charge in [0.15, 0.2) is 12.2 Å². The van der Waals surface area contributed by atoms with Crippen molar-refractivity contribution >= 4 is 35.4 Å². The summed E-state index contributed by atoms with van der Waals surface area (Å²) in [4.78, 5) is 48.3. The summed E-state index contributed by atoms with van der Waals surface area (Å²) in [5, 5.41) is 17.2. The van der Waals surface area contributed by atoms with Gasteiger partial charge in [0.1, 0.15) is 6.54 Å². The van der Waals surface area contributed by atoms with Crippen LogP contribution in [0.5, 0.6) is 0 Å². The number of amides is 4. The highest BCUT2D eigenvalue weighted by atomic mass is 35.5. The van der Waals surface area contributed by atoms with Crippen LogP contribution in [0.15, 0.2) is 54.6 Å². The predicted molar refractivity (Wildman–Crippen MR) is 132 cm³/mol. The van der Waals surface area contributed by atoms with Crippen molar-refractivity contribution in [2.24, 2.45) is 11.7 Å². The van der Waals surface area contributed by atoms with Crippen LogP contribution in [0.4, 0.5) is 13.6 Å². The second-order valence-corrected chi connectivity index (χ2v) is 9.15. The molecule has 0 spiro atoms. The lowest BCUT2D eigenvalue weighted by atomic mass is 9.94. The molecule has 10 nitrogen and oxygen atoms in total. The van der Waals surface area contributed by atoms with Gasteiger partial charge in [0.05, 0.1) is 6.04 Å². The molecule has 4 unspecified atom stereocenters. The third kappa shape index (κ3) is 7.39. The SMILES string of the molecule is NC(=O)C(O)C(CC1CCNC1=O)NC(=O)CNC(=O)OC(c1ccccc1)C(F)(F)c1cccc(Cl)c1. The predicted octanol–water partition coefficient (Wildman–Crippen LogP) is 1.76. The van der Waals surface area contributed by atoms with Crippen LogP contribution in [0.3, 0.4) is 0 Å². The molecule has 4 atom stereocenters. The van der Waals surface area contributed by atoms with Crippen LogP contribution in [-0.2, 0) is 25.0 Å². The van der Waals surface area contributed by atoms with Crippen molar-refractivity contribution in [1.29, 1.82) is 0 Å². The van der Waals surface area contributed by atoms with Crippen LogP contribution >= 0.6 is 11.6 Å². The number of rotatable bonds is 11. The number of alkyl halides is 2. The van der Waals surface area contributed by atoms with Gasteiger partial charge in [0.25, 0.3) is 0 Å². The number of carbonyl (C=O) groups is 4. The number of halogens is 3. The molecular formula is C25H27ClF2N4O6. The van der Waals surface area contributed by atoms with Crippen molar-refractivity contribution < 1.29 is 37.8 Å². The van der Waals surface area contributed by atoms with Gasteiger partial charge in [-0.15, -0.1) is 0 Å². The number of aliphatic hydroxyl groups excluding tert-OH is 1. The largest absolute Gasteiger partial charge is 0.434 e. The minimum atomic E-state index is -3.69. The maximum absolute atomic E-state index is 15.5. The van der Waals surface area contributed by atoms with Crippen LogP contribution in [0, 0.1) is 5.92 Å². The molecule has 0 radical (unpaired) electrons. The summed E-state index contributed by atoms with van der Waals surface area (Å²) in [6.45, 7) is -0.325. The van der Waals surface area contributed by atoms with Crippen LogP contribution in [0.25, 0.3) is 0 Å².